The topological polar surface area (TPSA) is 71.9 Å². The summed E-state index contributed by atoms with van der Waals surface area (Å²) in [6.07, 6.45) is 3.55. The smallest absolute Gasteiger partial charge is 0.147 e. The van der Waals surface area contributed by atoms with Crippen LogP contribution in [0.2, 0.25) is 0 Å². The molecular weight excluding hydrogens is 262 g/mol. The zero-order valence-corrected chi connectivity index (χ0v) is 12.1. The van der Waals surface area contributed by atoms with E-state index in [1.165, 1.54) is 5.56 Å². The zero-order chi connectivity index (χ0) is 15.1. The first-order valence-corrected chi connectivity index (χ1v) is 7.00. The summed E-state index contributed by atoms with van der Waals surface area (Å²) in [5.74, 6) is 0.785. The van der Waals surface area contributed by atoms with E-state index in [1.54, 1.807) is 12.3 Å². The van der Waals surface area contributed by atoms with Crippen LogP contribution < -0.4 is 10.5 Å². The molecular formula is C17H19N3O. The van der Waals surface area contributed by atoms with E-state index < -0.39 is 0 Å². The van der Waals surface area contributed by atoms with Crippen LogP contribution in [0.3, 0.4) is 0 Å². The first-order valence-electron chi connectivity index (χ1n) is 7.00. The second-order valence-corrected chi connectivity index (χ2v) is 5.07. The zero-order valence-electron chi connectivity index (χ0n) is 12.1. The van der Waals surface area contributed by atoms with Crippen LogP contribution in [0.4, 0.5) is 0 Å². The second-order valence-electron chi connectivity index (χ2n) is 5.07. The molecule has 0 aliphatic rings. The Kier molecular flexibility index (Phi) is 5.30. The molecule has 2 N–H and O–H groups in total. The lowest BCUT2D eigenvalue weighted by molar-refractivity contribution is 0.305. The molecule has 0 spiro atoms. The van der Waals surface area contributed by atoms with Crippen molar-refractivity contribution in [2.75, 3.05) is 0 Å². The van der Waals surface area contributed by atoms with Gasteiger partial charge in [0, 0.05) is 17.8 Å². The lowest BCUT2D eigenvalue weighted by atomic mass is 10.1. The van der Waals surface area contributed by atoms with Crippen molar-refractivity contribution in [3.8, 4) is 11.8 Å². The summed E-state index contributed by atoms with van der Waals surface area (Å²) in [7, 11) is 0. The first-order chi connectivity index (χ1) is 10.2. The number of pyridine rings is 1. The fraction of sp³-hybridized carbons (Fsp3) is 0.294. The van der Waals surface area contributed by atoms with E-state index in [1.807, 2.05) is 37.3 Å². The van der Waals surface area contributed by atoms with E-state index in [2.05, 4.69) is 11.1 Å². The third-order valence-corrected chi connectivity index (χ3v) is 3.20. The fourth-order valence-electron chi connectivity index (χ4n) is 1.96. The molecule has 2 aromatic rings. The molecule has 0 saturated carbocycles. The van der Waals surface area contributed by atoms with Crippen molar-refractivity contribution in [2.24, 2.45) is 5.73 Å². The molecule has 1 aromatic heterocycles. The van der Waals surface area contributed by atoms with Crippen LogP contribution >= 0.6 is 0 Å². The highest BCUT2D eigenvalue weighted by atomic mass is 16.5. The minimum Gasteiger partial charge on any atom is -0.489 e. The van der Waals surface area contributed by atoms with E-state index in [-0.39, 0.29) is 6.04 Å². The van der Waals surface area contributed by atoms with E-state index in [0.717, 1.165) is 24.2 Å². The highest BCUT2D eigenvalue weighted by molar-refractivity contribution is 5.31. The third kappa shape index (κ3) is 4.59. The Bertz CT molecular complexity index is 615. The van der Waals surface area contributed by atoms with Crippen LogP contribution in [0.25, 0.3) is 0 Å². The largest absolute Gasteiger partial charge is 0.489 e. The van der Waals surface area contributed by atoms with Gasteiger partial charge in [0.2, 0.25) is 0 Å². The molecule has 1 unspecified atom stereocenters. The second kappa shape index (κ2) is 7.41. The van der Waals surface area contributed by atoms with Crippen molar-refractivity contribution in [2.45, 2.75) is 32.4 Å². The third-order valence-electron chi connectivity index (χ3n) is 3.20. The minimum absolute atomic E-state index is 0.218. The van der Waals surface area contributed by atoms with Gasteiger partial charge in [0.05, 0.1) is 0 Å². The predicted molar refractivity (Wildman–Crippen MR) is 81.7 cm³/mol. The highest BCUT2D eigenvalue weighted by Crippen LogP contribution is 2.16. The van der Waals surface area contributed by atoms with Crippen LogP contribution in [0, 0.1) is 11.3 Å². The van der Waals surface area contributed by atoms with Gasteiger partial charge in [-0.1, -0.05) is 18.2 Å². The van der Waals surface area contributed by atoms with Crippen molar-refractivity contribution in [1.29, 1.82) is 5.26 Å². The average Bonchev–Trinajstić information content (AvgIpc) is 2.52. The van der Waals surface area contributed by atoms with Crippen LogP contribution in [0.15, 0.2) is 42.6 Å². The van der Waals surface area contributed by atoms with Crippen molar-refractivity contribution >= 4 is 0 Å². The molecule has 1 atom stereocenters. The van der Waals surface area contributed by atoms with Gasteiger partial charge in [-0.15, -0.1) is 0 Å². The monoisotopic (exact) mass is 281 g/mol. The Morgan fingerprint density at radius 1 is 1.29 bits per heavy atom. The van der Waals surface area contributed by atoms with Gasteiger partial charge in [-0.3, -0.25) is 0 Å². The molecule has 4 nitrogen and oxygen atoms in total. The molecule has 0 saturated heterocycles. The molecule has 108 valence electrons. The van der Waals surface area contributed by atoms with Crippen LogP contribution in [0.5, 0.6) is 5.75 Å². The van der Waals surface area contributed by atoms with E-state index in [4.69, 9.17) is 15.7 Å². The summed E-state index contributed by atoms with van der Waals surface area (Å²) in [6.45, 7) is 2.36. The van der Waals surface area contributed by atoms with Gasteiger partial charge < -0.3 is 10.5 Å². The molecule has 1 heterocycles. The fourth-order valence-corrected chi connectivity index (χ4v) is 1.96. The summed E-state index contributed by atoms with van der Waals surface area (Å²) in [4.78, 5) is 4.01. The Hall–Kier alpha value is -2.38. The lowest BCUT2D eigenvalue weighted by Crippen LogP contribution is -2.15. The summed E-state index contributed by atoms with van der Waals surface area (Å²) >= 11 is 0. The number of nitrogens with zero attached hydrogens (tertiary/aromatic N) is 2. The van der Waals surface area contributed by atoms with Gasteiger partial charge in [0.1, 0.15) is 24.1 Å². The lowest BCUT2D eigenvalue weighted by Gasteiger charge is -2.09. The molecule has 0 radical (unpaired) electrons. The Balaban J connectivity index is 1.93. The molecule has 1 aromatic carbocycles. The summed E-state index contributed by atoms with van der Waals surface area (Å²) < 4.78 is 5.70. The molecule has 21 heavy (non-hydrogen) atoms. The van der Waals surface area contributed by atoms with Gasteiger partial charge >= 0.3 is 0 Å². The van der Waals surface area contributed by atoms with E-state index in [0.29, 0.717) is 12.3 Å². The number of aromatic nitrogens is 1. The SMILES string of the molecule is CC(N)CCc1ccc(OCc2cccnc2C#N)cc1. The van der Waals surface area contributed by atoms with Gasteiger partial charge in [-0.2, -0.15) is 5.26 Å². The molecule has 0 aliphatic heterocycles. The number of hydrogen-bond donors (Lipinski definition) is 1. The van der Waals surface area contributed by atoms with Gasteiger partial charge in [-0.05, 0) is 43.5 Å². The molecule has 0 bridgehead atoms. The number of ether oxygens (including phenoxy) is 1. The van der Waals surface area contributed by atoms with E-state index in [9.17, 15) is 0 Å². The summed E-state index contributed by atoms with van der Waals surface area (Å²) in [6, 6.07) is 13.9. The number of rotatable bonds is 6. The molecule has 4 heteroatoms. The summed E-state index contributed by atoms with van der Waals surface area (Å²) in [5.41, 5.74) is 8.20. The maximum Gasteiger partial charge on any atom is 0.147 e. The number of nitriles is 1. The molecule has 0 amide bonds. The molecule has 0 fully saturated rings. The summed E-state index contributed by atoms with van der Waals surface area (Å²) in [5, 5.41) is 8.98. The maximum atomic E-state index is 8.98. The Labute approximate surface area is 125 Å². The Morgan fingerprint density at radius 3 is 2.71 bits per heavy atom. The van der Waals surface area contributed by atoms with Crippen LogP contribution in [-0.4, -0.2) is 11.0 Å². The normalized spacial score (nSPS) is 11.7. The molecule has 0 aliphatic carbocycles. The highest BCUT2D eigenvalue weighted by Gasteiger charge is 2.03. The van der Waals surface area contributed by atoms with Gasteiger partial charge in [-0.25, -0.2) is 4.98 Å². The number of nitrogens with two attached hydrogens (primary N) is 1. The number of aryl methyl sites for hydroxylation is 1. The van der Waals surface area contributed by atoms with Crippen LogP contribution in [0.1, 0.15) is 30.2 Å². The first kappa shape index (κ1) is 15.0. The quantitative estimate of drug-likeness (QED) is 0.883. The molecule has 2 rings (SSSR count). The predicted octanol–water partition coefficient (Wildman–Crippen LogP) is 2.81. The van der Waals surface area contributed by atoms with Gasteiger partial charge in [0.15, 0.2) is 0 Å². The van der Waals surface area contributed by atoms with Crippen molar-refractivity contribution < 1.29 is 4.74 Å². The Morgan fingerprint density at radius 2 is 2.05 bits per heavy atom. The van der Waals surface area contributed by atoms with Crippen LogP contribution in [-0.2, 0) is 13.0 Å². The van der Waals surface area contributed by atoms with Gasteiger partial charge in [0.25, 0.3) is 0 Å². The van der Waals surface area contributed by atoms with Crippen molar-refractivity contribution in [3.05, 3.63) is 59.4 Å². The van der Waals surface area contributed by atoms with E-state index >= 15 is 0 Å². The average molecular weight is 281 g/mol. The number of benzene rings is 1. The number of hydrogen-bond acceptors (Lipinski definition) is 4. The van der Waals surface area contributed by atoms with Crippen molar-refractivity contribution in [3.63, 3.8) is 0 Å². The van der Waals surface area contributed by atoms with Crippen molar-refractivity contribution in [1.82, 2.24) is 4.98 Å². The standard InChI is InChI=1S/C17H19N3O/c1-13(19)4-5-14-6-8-16(9-7-14)21-12-15-3-2-10-20-17(15)11-18/h2-3,6-10,13H,4-5,12,19H2,1H3. The minimum atomic E-state index is 0.218. The maximum absolute atomic E-state index is 8.98.